The molecule has 1 aromatic heterocycles. The monoisotopic (exact) mass is 473 g/mol. The number of aliphatic hydroxyl groups is 1. The molecule has 1 saturated heterocycles. The molecule has 33 heavy (non-hydrogen) atoms. The number of ether oxygens (including phenoxy) is 2. The molecule has 186 valence electrons. The van der Waals surface area contributed by atoms with E-state index in [1.807, 2.05) is 0 Å². The van der Waals surface area contributed by atoms with E-state index >= 15 is 0 Å². The Balaban J connectivity index is 0.000000968. The summed E-state index contributed by atoms with van der Waals surface area (Å²) in [4.78, 5) is 18.7. The van der Waals surface area contributed by atoms with Crippen LogP contribution >= 0.6 is 0 Å². The molecule has 1 aliphatic carbocycles. The number of nitrogens with one attached hydrogen (secondary N) is 1. The number of aromatic nitrogens is 1. The number of carbonyl (C=O) groups excluding carboxylic acids is 1. The first kappa shape index (κ1) is 25.9. The van der Waals surface area contributed by atoms with Gasteiger partial charge < -0.3 is 24.8 Å². The van der Waals surface area contributed by atoms with Gasteiger partial charge in [-0.1, -0.05) is 0 Å². The number of pyridine rings is 1. The lowest BCUT2D eigenvalue weighted by molar-refractivity contribution is -0.137. The van der Waals surface area contributed by atoms with Gasteiger partial charge in [0.05, 0.1) is 18.3 Å². The highest BCUT2D eigenvalue weighted by molar-refractivity contribution is 5.79. The van der Waals surface area contributed by atoms with E-state index in [0.29, 0.717) is 37.4 Å². The fraction of sp³-hybridized carbons (Fsp3) is 0.739. The third-order valence-electron chi connectivity index (χ3n) is 6.52. The lowest BCUT2D eigenvalue weighted by Gasteiger charge is -2.33. The Hall–Kier alpha value is -1.75. The number of aliphatic hydroxyl groups excluding tert-OH is 1. The van der Waals surface area contributed by atoms with Gasteiger partial charge in [-0.05, 0) is 44.2 Å². The summed E-state index contributed by atoms with van der Waals surface area (Å²) < 4.78 is 50.0. The van der Waals surface area contributed by atoms with Crippen molar-refractivity contribution in [2.24, 2.45) is 5.92 Å². The zero-order valence-corrected chi connectivity index (χ0v) is 19.2. The molecule has 3 aliphatic rings. The van der Waals surface area contributed by atoms with Crippen LogP contribution in [-0.4, -0.2) is 72.6 Å². The minimum Gasteiger partial charge on any atom is -0.397 e. The van der Waals surface area contributed by atoms with Gasteiger partial charge in [-0.2, -0.15) is 13.2 Å². The van der Waals surface area contributed by atoms with E-state index in [4.69, 9.17) is 14.6 Å². The number of hydrogen-bond acceptors (Lipinski definition) is 6. The van der Waals surface area contributed by atoms with Crippen LogP contribution in [0.4, 0.5) is 13.2 Å². The number of methoxy groups -OCH3 is 1. The molecule has 2 aliphatic heterocycles. The third-order valence-corrected chi connectivity index (χ3v) is 6.52. The number of fused-ring (bicyclic) bond motifs is 1. The summed E-state index contributed by atoms with van der Waals surface area (Å²) in [7, 11) is 1.68. The van der Waals surface area contributed by atoms with Crippen molar-refractivity contribution in [3.8, 4) is 0 Å². The molecule has 1 aromatic rings. The molecule has 0 aromatic carbocycles. The highest BCUT2D eigenvalue weighted by Crippen LogP contribution is 2.33. The number of halogens is 3. The van der Waals surface area contributed by atoms with Gasteiger partial charge in [-0.15, -0.1) is 0 Å². The van der Waals surface area contributed by atoms with Crippen LogP contribution in [-0.2, 0) is 33.4 Å². The normalized spacial score (nSPS) is 27.5. The first-order valence-corrected chi connectivity index (χ1v) is 11.6. The molecule has 10 heteroatoms. The lowest BCUT2D eigenvalue weighted by atomic mass is 10.00. The molecule has 3 unspecified atom stereocenters. The molecule has 0 spiro atoms. The summed E-state index contributed by atoms with van der Waals surface area (Å²) in [5, 5.41) is 11.2. The molecule has 1 amide bonds. The van der Waals surface area contributed by atoms with Crippen LogP contribution in [0.15, 0.2) is 12.3 Å². The SMILES string of the molecule is CCO.COC1COCCC1NC1CC[C@H](C(=O)N2CCc3ncc(C(F)(F)F)cc3C2)C1. The van der Waals surface area contributed by atoms with Gasteiger partial charge >= 0.3 is 6.18 Å². The van der Waals surface area contributed by atoms with Gasteiger partial charge in [0, 0.05) is 69.7 Å². The fourth-order valence-electron chi connectivity index (χ4n) is 4.82. The summed E-state index contributed by atoms with van der Waals surface area (Å²) in [5.41, 5.74) is 0.398. The van der Waals surface area contributed by atoms with E-state index in [1.165, 1.54) is 0 Å². The molecule has 0 radical (unpaired) electrons. The zero-order valence-electron chi connectivity index (χ0n) is 19.2. The summed E-state index contributed by atoms with van der Waals surface area (Å²) in [6.07, 6.45) is 0.293. The molecule has 1 saturated carbocycles. The van der Waals surface area contributed by atoms with Crippen LogP contribution in [0, 0.1) is 5.92 Å². The molecular formula is C23H34F3N3O4. The molecule has 4 rings (SSSR count). The van der Waals surface area contributed by atoms with Crippen LogP contribution in [0.1, 0.15) is 49.4 Å². The van der Waals surface area contributed by atoms with Crippen LogP contribution in [0.5, 0.6) is 0 Å². The molecule has 2 N–H and O–H groups in total. The number of amides is 1. The van der Waals surface area contributed by atoms with Crippen LogP contribution in [0.2, 0.25) is 0 Å². The molecule has 3 heterocycles. The summed E-state index contributed by atoms with van der Waals surface area (Å²) in [6, 6.07) is 1.60. The predicted octanol–water partition coefficient (Wildman–Crippen LogP) is 2.55. The highest BCUT2D eigenvalue weighted by atomic mass is 19.4. The number of carbonyl (C=O) groups is 1. The van der Waals surface area contributed by atoms with Crippen LogP contribution < -0.4 is 5.32 Å². The van der Waals surface area contributed by atoms with Gasteiger partial charge in [-0.3, -0.25) is 9.78 Å². The fourth-order valence-corrected chi connectivity index (χ4v) is 4.82. The molecule has 2 fully saturated rings. The Labute approximate surface area is 192 Å². The van der Waals surface area contributed by atoms with Crippen LogP contribution in [0.3, 0.4) is 0 Å². The smallest absolute Gasteiger partial charge is 0.397 e. The van der Waals surface area contributed by atoms with E-state index in [-0.39, 0.29) is 43.2 Å². The van der Waals surface area contributed by atoms with Crippen molar-refractivity contribution in [1.82, 2.24) is 15.2 Å². The maximum Gasteiger partial charge on any atom is 0.417 e. The summed E-state index contributed by atoms with van der Waals surface area (Å²) in [6.45, 7) is 3.91. The van der Waals surface area contributed by atoms with Crippen molar-refractivity contribution in [3.05, 3.63) is 29.1 Å². The van der Waals surface area contributed by atoms with Gasteiger partial charge in [0.15, 0.2) is 0 Å². The van der Waals surface area contributed by atoms with Gasteiger partial charge in [0.1, 0.15) is 0 Å². The van der Waals surface area contributed by atoms with Crippen molar-refractivity contribution in [3.63, 3.8) is 0 Å². The quantitative estimate of drug-likeness (QED) is 0.700. The topological polar surface area (TPSA) is 83.9 Å². The molecule has 0 bridgehead atoms. The van der Waals surface area contributed by atoms with E-state index in [0.717, 1.165) is 37.9 Å². The minimum atomic E-state index is -4.43. The largest absolute Gasteiger partial charge is 0.417 e. The number of nitrogens with zero attached hydrogens (tertiary/aromatic N) is 2. The average molecular weight is 474 g/mol. The van der Waals surface area contributed by atoms with Gasteiger partial charge in [0.25, 0.3) is 0 Å². The second-order valence-electron chi connectivity index (χ2n) is 8.77. The Morgan fingerprint density at radius 2 is 2.12 bits per heavy atom. The second kappa shape index (κ2) is 11.6. The summed E-state index contributed by atoms with van der Waals surface area (Å²) >= 11 is 0. The molecule has 4 atom stereocenters. The van der Waals surface area contributed by atoms with Gasteiger partial charge in [0.2, 0.25) is 5.91 Å². The first-order chi connectivity index (χ1) is 15.8. The summed E-state index contributed by atoms with van der Waals surface area (Å²) in [5.74, 6) is -0.0544. The predicted molar refractivity (Wildman–Crippen MR) is 115 cm³/mol. The first-order valence-electron chi connectivity index (χ1n) is 11.6. The average Bonchev–Trinajstić information content (AvgIpc) is 3.26. The number of alkyl halides is 3. The third kappa shape index (κ3) is 6.65. The van der Waals surface area contributed by atoms with E-state index < -0.39 is 11.7 Å². The highest BCUT2D eigenvalue weighted by Gasteiger charge is 2.37. The Morgan fingerprint density at radius 3 is 2.82 bits per heavy atom. The van der Waals surface area contributed by atoms with Crippen molar-refractivity contribution >= 4 is 5.91 Å². The Kier molecular flexibility index (Phi) is 9.09. The maximum absolute atomic E-state index is 13.1. The second-order valence-corrected chi connectivity index (χ2v) is 8.77. The van der Waals surface area contributed by atoms with Crippen molar-refractivity contribution in [2.75, 3.05) is 33.5 Å². The zero-order chi connectivity index (χ0) is 24.0. The number of hydrogen-bond donors (Lipinski definition) is 2. The standard InChI is InChI=1S/C21H28F3N3O3.C2H6O/c1-29-19-12-30-7-5-18(19)26-16-3-2-13(9-16)20(28)27-6-4-17-14(11-27)8-15(10-25-17)21(22,23)24;1-2-3/h8,10,13,16,18-19,26H,2-7,9,11-12H2,1H3;3H,2H2,1H3/t13-,16?,18?,19?;/m0./s1. The molecular weight excluding hydrogens is 439 g/mol. The van der Waals surface area contributed by atoms with Crippen LogP contribution in [0.25, 0.3) is 0 Å². The van der Waals surface area contributed by atoms with Gasteiger partial charge in [-0.25, -0.2) is 0 Å². The van der Waals surface area contributed by atoms with E-state index in [1.54, 1.807) is 18.9 Å². The Morgan fingerprint density at radius 1 is 1.36 bits per heavy atom. The van der Waals surface area contributed by atoms with Crippen molar-refractivity contribution in [2.45, 2.75) is 69.9 Å². The van der Waals surface area contributed by atoms with Crippen molar-refractivity contribution in [1.29, 1.82) is 0 Å². The minimum absolute atomic E-state index is 0.0161. The van der Waals surface area contributed by atoms with E-state index in [9.17, 15) is 18.0 Å². The lowest BCUT2D eigenvalue weighted by Crippen LogP contribution is -2.50. The number of rotatable bonds is 4. The molecule has 7 nitrogen and oxygen atoms in total. The maximum atomic E-state index is 13.1. The van der Waals surface area contributed by atoms with E-state index in [2.05, 4.69) is 10.3 Å². The van der Waals surface area contributed by atoms with Crippen molar-refractivity contribution < 1.29 is 32.5 Å². The Bertz CT molecular complexity index is 793.